The van der Waals surface area contributed by atoms with Crippen LogP contribution in [0.2, 0.25) is 0 Å². The molecule has 23 heavy (non-hydrogen) atoms. The molecule has 2 rings (SSSR count). The van der Waals surface area contributed by atoms with Crippen molar-refractivity contribution in [2.75, 3.05) is 13.1 Å². The molecule has 2 aliphatic rings. The standard InChI is InChI=1S/C21H42N2/c1-15(2)20-10-9-12-22(20)18(7)14-19-11-13-23(17(5)6)21(19,8)16(3)4/h15-20H,9-14H2,1-8H3/t18?,19?,20-,21?/m0/s1. The Morgan fingerprint density at radius 3 is 2.13 bits per heavy atom. The number of hydrogen-bond donors (Lipinski definition) is 0. The predicted octanol–water partition coefficient (Wildman–Crippen LogP) is 5.03. The van der Waals surface area contributed by atoms with Crippen molar-refractivity contribution in [1.82, 2.24) is 9.80 Å². The molecule has 0 bridgehead atoms. The van der Waals surface area contributed by atoms with Gasteiger partial charge in [0.15, 0.2) is 0 Å². The van der Waals surface area contributed by atoms with Crippen LogP contribution in [-0.2, 0) is 0 Å². The van der Waals surface area contributed by atoms with Crippen LogP contribution in [0.25, 0.3) is 0 Å². The Kier molecular flexibility index (Phi) is 6.22. The summed E-state index contributed by atoms with van der Waals surface area (Å²) in [6.45, 7) is 22.1. The molecule has 2 heterocycles. The smallest absolute Gasteiger partial charge is 0.0236 e. The summed E-state index contributed by atoms with van der Waals surface area (Å²) in [5, 5.41) is 0. The van der Waals surface area contributed by atoms with Crippen LogP contribution in [0.3, 0.4) is 0 Å². The topological polar surface area (TPSA) is 6.48 Å². The van der Waals surface area contributed by atoms with Crippen molar-refractivity contribution in [1.29, 1.82) is 0 Å². The van der Waals surface area contributed by atoms with E-state index in [1.54, 1.807) is 0 Å². The maximum absolute atomic E-state index is 2.84. The first-order chi connectivity index (χ1) is 10.7. The van der Waals surface area contributed by atoms with Crippen LogP contribution in [0, 0.1) is 17.8 Å². The Hall–Kier alpha value is -0.0800. The van der Waals surface area contributed by atoms with Crippen molar-refractivity contribution in [2.45, 2.75) is 105 Å². The molecule has 0 saturated carbocycles. The molecule has 0 spiro atoms. The van der Waals surface area contributed by atoms with E-state index in [1.807, 2.05) is 0 Å². The Labute approximate surface area is 146 Å². The van der Waals surface area contributed by atoms with E-state index >= 15 is 0 Å². The molecule has 0 amide bonds. The largest absolute Gasteiger partial charge is 0.297 e. The van der Waals surface area contributed by atoms with Gasteiger partial charge in [-0.25, -0.2) is 0 Å². The normalized spacial score (nSPS) is 35.1. The number of hydrogen-bond acceptors (Lipinski definition) is 2. The molecule has 3 unspecified atom stereocenters. The van der Waals surface area contributed by atoms with Crippen molar-refractivity contribution >= 4 is 0 Å². The molecule has 0 aromatic rings. The minimum atomic E-state index is 0.371. The highest BCUT2D eigenvalue weighted by molar-refractivity contribution is 5.03. The number of nitrogens with zero attached hydrogens (tertiary/aromatic N) is 2. The monoisotopic (exact) mass is 322 g/mol. The van der Waals surface area contributed by atoms with Crippen LogP contribution in [-0.4, -0.2) is 46.6 Å². The van der Waals surface area contributed by atoms with E-state index in [4.69, 9.17) is 0 Å². The maximum atomic E-state index is 2.84. The van der Waals surface area contributed by atoms with Gasteiger partial charge in [-0.3, -0.25) is 9.80 Å². The second kappa shape index (κ2) is 7.44. The minimum Gasteiger partial charge on any atom is -0.297 e. The summed E-state index contributed by atoms with van der Waals surface area (Å²) in [7, 11) is 0. The average molecular weight is 323 g/mol. The van der Waals surface area contributed by atoms with E-state index < -0.39 is 0 Å². The summed E-state index contributed by atoms with van der Waals surface area (Å²) in [5.74, 6) is 2.37. The van der Waals surface area contributed by atoms with Gasteiger partial charge in [-0.1, -0.05) is 27.7 Å². The lowest BCUT2D eigenvalue weighted by Crippen LogP contribution is -2.53. The second-order valence-electron chi connectivity index (χ2n) is 9.43. The summed E-state index contributed by atoms with van der Waals surface area (Å²) in [6, 6.07) is 2.22. The Morgan fingerprint density at radius 2 is 1.61 bits per heavy atom. The van der Waals surface area contributed by atoms with Gasteiger partial charge in [-0.05, 0) is 84.2 Å². The van der Waals surface area contributed by atoms with Crippen molar-refractivity contribution in [3.05, 3.63) is 0 Å². The number of rotatable bonds is 6. The van der Waals surface area contributed by atoms with Crippen molar-refractivity contribution in [3.8, 4) is 0 Å². The van der Waals surface area contributed by atoms with Crippen LogP contribution < -0.4 is 0 Å². The van der Waals surface area contributed by atoms with E-state index in [2.05, 4.69) is 65.2 Å². The lowest BCUT2D eigenvalue weighted by Gasteiger charge is -2.46. The van der Waals surface area contributed by atoms with Gasteiger partial charge in [0.2, 0.25) is 0 Å². The molecule has 136 valence electrons. The summed E-state index contributed by atoms with van der Waals surface area (Å²) < 4.78 is 0. The third kappa shape index (κ3) is 3.63. The van der Waals surface area contributed by atoms with Crippen LogP contribution in [0.15, 0.2) is 0 Å². The van der Waals surface area contributed by atoms with Crippen molar-refractivity contribution in [2.24, 2.45) is 17.8 Å². The zero-order valence-electron chi connectivity index (χ0n) is 17.1. The molecular formula is C21H42N2. The molecular weight excluding hydrogens is 280 g/mol. The lowest BCUT2D eigenvalue weighted by molar-refractivity contribution is 0.0285. The van der Waals surface area contributed by atoms with E-state index in [0.29, 0.717) is 11.6 Å². The highest BCUT2D eigenvalue weighted by Gasteiger charge is 2.48. The molecule has 2 fully saturated rings. The molecule has 0 aliphatic carbocycles. The lowest BCUT2D eigenvalue weighted by atomic mass is 9.74. The molecule has 0 radical (unpaired) electrons. The zero-order valence-corrected chi connectivity index (χ0v) is 17.1. The Bertz CT molecular complexity index is 376. The fourth-order valence-electron chi connectivity index (χ4n) is 5.66. The average Bonchev–Trinajstić information content (AvgIpc) is 3.05. The van der Waals surface area contributed by atoms with Gasteiger partial charge in [-0.15, -0.1) is 0 Å². The molecule has 2 nitrogen and oxygen atoms in total. The van der Waals surface area contributed by atoms with Gasteiger partial charge < -0.3 is 0 Å². The Morgan fingerprint density at radius 1 is 0.957 bits per heavy atom. The number of likely N-dealkylation sites (tertiary alicyclic amines) is 2. The van der Waals surface area contributed by atoms with Gasteiger partial charge in [0.05, 0.1) is 0 Å². The highest BCUT2D eigenvalue weighted by atomic mass is 15.3. The van der Waals surface area contributed by atoms with Gasteiger partial charge in [0.1, 0.15) is 0 Å². The SMILES string of the molecule is CC(C)[C@@H]1CCCN1C(C)CC1CCN(C(C)C)C1(C)C(C)C. The first-order valence-corrected chi connectivity index (χ1v) is 10.2. The third-order valence-corrected chi connectivity index (χ3v) is 7.26. The molecule has 0 aromatic carbocycles. The van der Waals surface area contributed by atoms with Crippen LogP contribution >= 0.6 is 0 Å². The summed E-state index contributed by atoms with van der Waals surface area (Å²) in [6.07, 6.45) is 5.57. The first-order valence-electron chi connectivity index (χ1n) is 10.2. The van der Waals surface area contributed by atoms with Crippen LogP contribution in [0.5, 0.6) is 0 Å². The molecule has 2 saturated heterocycles. The molecule has 2 heteroatoms. The fraction of sp³-hybridized carbons (Fsp3) is 1.00. The highest BCUT2D eigenvalue weighted by Crippen LogP contribution is 2.44. The summed E-state index contributed by atoms with van der Waals surface area (Å²) in [5.41, 5.74) is 0.371. The fourth-order valence-corrected chi connectivity index (χ4v) is 5.66. The van der Waals surface area contributed by atoms with Gasteiger partial charge in [-0.2, -0.15) is 0 Å². The Balaban J connectivity index is 2.09. The van der Waals surface area contributed by atoms with Crippen LogP contribution in [0.4, 0.5) is 0 Å². The van der Waals surface area contributed by atoms with E-state index in [9.17, 15) is 0 Å². The first kappa shape index (κ1) is 19.2. The quantitative estimate of drug-likeness (QED) is 0.676. The maximum Gasteiger partial charge on any atom is 0.0236 e. The zero-order chi connectivity index (χ0) is 17.4. The van der Waals surface area contributed by atoms with Crippen molar-refractivity contribution < 1.29 is 0 Å². The van der Waals surface area contributed by atoms with Crippen molar-refractivity contribution in [3.63, 3.8) is 0 Å². The second-order valence-corrected chi connectivity index (χ2v) is 9.43. The van der Waals surface area contributed by atoms with Crippen LogP contribution in [0.1, 0.15) is 81.1 Å². The third-order valence-electron chi connectivity index (χ3n) is 7.26. The summed E-state index contributed by atoms with van der Waals surface area (Å²) >= 11 is 0. The van der Waals surface area contributed by atoms with Gasteiger partial charge in [0.25, 0.3) is 0 Å². The van der Waals surface area contributed by atoms with Gasteiger partial charge in [0, 0.05) is 23.7 Å². The molecule has 2 aliphatic heterocycles. The molecule has 0 aromatic heterocycles. The van der Waals surface area contributed by atoms with Gasteiger partial charge >= 0.3 is 0 Å². The predicted molar refractivity (Wildman–Crippen MR) is 102 cm³/mol. The van der Waals surface area contributed by atoms with E-state index in [1.165, 1.54) is 38.8 Å². The minimum absolute atomic E-state index is 0.371. The molecule has 4 atom stereocenters. The van der Waals surface area contributed by atoms with E-state index in [0.717, 1.165) is 29.8 Å². The summed E-state index contributed by atoms with van der Waals surface area (Å²) in [4.78, 5) is 5.63. The van der Waals surface area contributed by atoms with E-state index in [-0.39, 0.29) is 0 Å². The molecule has 0 N–H and O–H groups in total.